The van der Waals surface area contributed by atoms with Gasteiger partial charge in [-0.2, -0.15) is 0 Å². The van der Waals surface area contributed by atoms with Crippen LogP contribution < -0.4 is 5.32 Å². The molecule has 1 aromatic carbocycles. The molecule has 2 fully saturated rings. The monoisotopic (exact) mass is 287 g/mol. The molecule has 1 heterocycles. The first kappa shape index (κ1) is 14.9. The maximum Gasteiger partial charge on any atom is 0.0485 e. The first-order valence-electron chi connectivity index (χ1n) is 8.57. The molecule has 1 aromatic rings. The predicted molar refractivity (Wildman–Crippen MR) is 88.9 cm³/mol. The Morgan fingerprint density at radius 2 is 1.57 bits per heavy atom. The van der Waals surface area contributed by atoms with Crippen LogP contribution in [0.2, 0.25) is 0 Å². The zero-order valence-electron chi connectivity index (χ0n) is 13.5. The number of anilines is 1. The maximum absolute atomic E-state index is 5.41. The van der Waals surface area contributed by atoms with Crippen molar-refractivity contribution >= 4 is 5.69 Å². The van der Waals surface area contributed by atoms with E-state index in [1.54, 1.807) is 0 Å². The molecule has 2 heteroatoms. The molecule has 0 unspecified atom stereocenters. The molecule has 0 atom stereocenters. The molecule has 1 aliphatic heterocycles. The van der Waals surface area contributed by atoms with Crippen molar-refractivity contribution in [2.75, 3.05) is 18.5 Å². The van der Waals surface area contributed by atoms with E-state index in [0.717, 1.165) is 32.0 Å². The number of hydrogen-bond donors (Lipinski definition) is 1. The van der Waals surface area contributed by atoms with E-state index in [9.17, 15) is 0 Å². The van der Waals surface area contributed by atoms with Gasteiger partial charge in [-0.3, -0.25) is 0 Å². The number of ether oxygens (including phenoxy) is 1. The lowest BCUT2D eigenvalue weighted by Gasteiger charge is -2.34. The molecule has 2 aliphatic rings. The molecule has 1 saturated heterocycles. The van der Waals surface area contributed by atoms with Crippen LogP contribution in [-0.2, 0) is 4.74 Å². The summed E-state index contributed by atoms with van der Waals surface area (Å²) in [5, 5.41) is 3.64. The lowest BCUT2D eigenvalue weighted by atomic mass is 9.71. The van der Waals surface area contributed by atoms with Crippen LogP contribution in [0.5, 0.6) is 0 Å². The van der Waals surface area contributed by atoms with Gasteiger partial charge in [-0.05, 0) is 67.6 Å². The van der Waals surface area contributed by atoms with Gasteiger partial charge in [-0.1, -0.05) is 26.0 Å². The normalized spacial score (nSPS) is 23.9. The second-order valence-corrected chi connectivity index (χ2v) is 7.59. The molecule has 0 spiro atoms. The van der Waals surface area contributed by atoms with Gasteiger partial charge in [0, 0.05) is 24.9 Å². The molecule has 1 aliphatic carbocycles. The summed E-state index contributed by atoms with van der Waals surface area (Å²) < 4.78 is 5.41. The highest BCUT2D eigenvalue weighted by Gasteiger charge is 2.27. The number of nitrogens with one attached hydrogen (secondary N) is 1. The van der Waals surface area contributed by atoms with E-state index in [2.05, 4.69) is 43.4 Å². The Morgan fingerprint density at radius 1 is 0.952 bits per heavy atom. The van der Waals surface area contributed by atoms with Crippen LogP contribution in [0.25, 0.3) is 0 Å². The highest BCUT2D eigenvalue weighted by atomic mass is 16.5. The molecule has 116 valence electrons. The summed E-state index contributed by atoms with van der Waals surface area (Å²) in [5.41, 5.74) is 3.35. The summed E-state index contributed by atoms with van der Waals surface area (Å²) in [6.45, 7) is 6.61. The standard InChI is InChI=1S/C19H29NO/c1-19(2)11-7-16(8-12-19)15-3-5-17(6-4-15)20-18-9-13-21-14-10-18/h3-6,16,18,20H,7-14H2,1-2H3. The third-order valence-electron chi connectivity index (χ3n) is 5.31. The average molecular weight is 287 g/mol. The van der Waals surface area contributed by atoms with Crippen molar-refractivity contribution in [3.05, 3.63) is 29.8 Å². The van der Waals surface area contributed by atoms with Gasteiger partial charge in [-0.25, -0.2) is 0 Å². The van der Waals surface area contributed by atoms with Crippen LogP contribution in [-0.4, -0.2) is 19.3 Å². The summed E-state index contributed by atoms with van der Waals surface area (Å²) in [4.78, 5) is 0. The topological polar surface area (TPSA) is 21.3 Å². The van der Waals surface area contributed by atoms with Gasteiger partial charge >= 0.3 is 0 Å². The maximum atomic E-state index is 5.41. The lowest BCUT2D eigenvalue weighted by molar-refractivity contribution is 0.0904. The molecule has 0 bridgehead atoms. The fourth-order valence-electron chi connectivity index (χ4n) is 3.66. The zero-order valence-corrected chi connectivity index (χ0v) is 13.5. The van der Waals surface area contributed by atoms with E-state index in [1.165, 1.54) is 36.9 Å². The molecule has 0 aromatic heterocycles. The van der Waals surface area contributed by atoms with Crippen LogP contribution >= 0.6 is 0 Å². The van der Waals surface area contributed by atoms with Crippen LogP contribution in [0.15, 0.2) is 24.3 Å². The molecule has 0 amide bonds. The summed E-state index contributed by atoms with van der Waals surface area (Å²) in [6, 6.07) is 9.80. The molecule has 0 radical (unpaired) electrons. The Labute approximate surface area is 129 Å². The predicted octanol–water partition coefficient (Wildman–Crippen LogP) is 4.96. The van der Waals surface area contributed by atoms with Crippen molar-refractivity contribution in [3.63, 3.8) is 0 Å². The van der Waals surface area contributed by atoms with Crippen LogP contribution in [0.1, 0.15) is 63.9 Å². The fourth-order valence-corrected chi connectivity index (χ4v) is 3.66. The number of hydrogen-bond acceptors (Lipinski definition) is 2. The van der Waals surface area contributed by atoms with Gasteiger partial charge in [0.15, 0.2) is 0 Å². The van der Waals surface area contributed by atoms with Crippen molar-refractivity contribution in [3.8, 4) is 0 Å². The van der Waals surface area contributed by atoms with Gasteiger partial charge in [0.1, 0.15) is 0 Å². The van der Waals surface area contributed by atoms with Crippen molar-refractivity contribution in [2.24, 2.45) is 5.41 Å². The van der Waals surface area contributed by atoms with Crippen LogP contribution in [0.3, 0.4) is 0 Å². The summed E-state index contributed by atoms with van der Waals surface area (Å²) >= 11 is 0. The van der Waals surface area contributed by atoms with Crippen LogP contribution in [0, 0.1) is 5.41 Å². The molecular formula is C19H29NO. The third-order valence-corrected chi connectivity index (χ3v) is 5.31. The molecular weight excluding hydrogens is 258 g/mol. The summed E-state index contributed by atoms with van der Waals surface area (Å²) in [5.74, 6) is 0.773. The first-order chi connectivity index (χ1) is 10.1. The van der Waals surface area contributed by atoms with Gasteiger partial charge in [-0.15, -0.1) is 0 Å². The highest BCUT2D eigenvalue weighted by molar-refractivity contribution is 5.46. The van der Waals surface area contributed by atoms with Gasteiger partial charge < -0.3 is 10.1 Å². The summed E-state index contributed by atoms with van der Waals surface area (Å²) in [6.07, 6.45) is 7.66. The molecule has 2 nitrogen and oxygen atoms in total. The molecule has 1 saturated carbocycles. The third kappa shape index (κ3) is 4.00. The Bertz CT molecular complexity index is 435. The SMILES string of the molecule is CC1(C)CCC(c2ccc(NC3CCOCC3)cc2)CC1. The minimum absolute atomic E-state index is 0.557. The quantitative estimate of drug-likeness (QED) is 0.848. The van der Waals surface area contributed by atoms with E-state index in [-0.39, 0.29) is 0 Å². The van der Waals surface area contributed by atoms with Crippen molar-refractivity contribution in [2.45, 2.75) is 64.3 Å². The van der Waals surface area contributed by atoms with Crippen molar-refractivity contribution in [1.29, 1.82) is 0 Å². The Hall–Kier alpha value is -1.02. The minimum atomic E-state index is 0.557. The minimum Gasteiger partial charge on any atom is -0.382 e. The van der Waals surface area contributed by atoms with E-state index in [4.69, 9.17) is 4.74 Å². The second kappa shape index (κ2) is 6.39. The molecule has 3 rings (SSSR count). The highest BCUT2D eigenvalue weighted by Crippen LogP contribution is 2.42. The van der Waals surface area contributed by atoms with Gasteiger partial charge in [0.2, 0.25) is 0 Å². The number of benzene rings is 1. The largest absolute Gasteiger partial charge is 0.382 e. The summed E-state index contributed by atoms with van der Waals surface area (Å²) in [7, 11) is 0. The van der Waals surface area contributed by atoms with E-state index in [1.807, 2.05) is 0 Å². The molecule has 21 heavy (non-hydrogen) atoms. The van der Waals surface area contributed by atoms with Crippen molar-refractivity contribution < 1.29 is 4.74 Å². The smallest absolute Gasteiger partial charge is 0.0485 e. The number of rotatable bonds is 3. The van der Waals surface area contributed by atoms with E-state index in [0.29, 0.717) is 11.5 Å². The Kier molecular flexibility index (Phi) is 4.54. The van der Waals surface area contributed by atoms with Gasteiger partial charge in [0.05, 0.1) is 0 Å². The molecule has 1 N–H and O–H groups in total. The van der Waals surface area contributed by atoms with Gasteiger partial charge in [0.25, 0.3) is 0 Å². The van der Waals surface area contributed by atoms with Crippen LogP contribution in [0.4, 0.5) is 5.69 Å². The van der Waals surface area contributed by atoms with E-state index >= 15 is 0 Å². The average Bonchev–Trinajstić information content (AvgIpc) is 2.49. The Balaban J connectivity index is 1.56. The zero-order chi connectivity index (χ0) is 14.7. The van der Waals surface area contributed by atoms with E-state index < -0.39 is 0 Å². The fraction of sp³-hybridized carbons (Fsp3) is 0.684. The lowest BCUT2D eigenvalue weighted by Crippen LogP contribution is -2.27. The second-order valence-electron chi connectivity index (χ2n) is 7.59. The Morgan fingerprint density at radius 3 is 2.19 bits per heavy atom. The van der Waals surface area contributed by atoms with Crippen molar-refractivity contribution in [1.82, 2.24) is 0 Å². The first-order valence-corrected chi connectivity index (χ1v) is 8.57.